The van der Waals surface area contributed by atoms with Crippen molar-refractivity contribution < 1.29 is 13.5 Å². The Morgan fingerprint density at radius 1 is 1.21 bits per heavy atom. The zero-order valence-corrected chi connectivity index (χ0v) is 14.7. The maximum Gasteiger partial charge on any atom is 0.387 e. The molecule has 3 rings (SSSR count). The van der Waals surface area contributed by atoms with Gasteiger partial charge in [-0.25, -0.2) is 4.98 Å². The van der Waals surface area contributed by atoms with Crippen LogP contribution in [0.1, 0.15) is 31.7 Å². The molecule has 0 radical (unpaired) electrons. The molecule has 0 amide bonds. The monoisotopic (exact) mass is 352 g/mol. The molecule has 1 aromatic heterocycles. The number of piperidine rings is 1. The van der Waals surface area contributed by atoms with E-state index in [9.17, 15) is 8.78 Å². The molecule has 2 aromatic rings. The molecule has 2 heterocycles. The Hall–Kier alpha value is -1.53. The molecule has 0 atom stereocenters. The molecule has 1 aromatic carbocycles. The number of halogens is 2. The highest BCUT2D eigenvalue weighted by molar-refractivity contribution is 7.10. The summed E-state index contributed by atoms with van der Waals surface area (Å²) in [6.45, 7) is 3.87. The van der Waals surface area contributed by atoms with E-state index in [0.29, 0.717) is 5.92 Å². The number of nitrogens with zero attached hydrogens (tertiary/aromatic N) is 1. The van der Waals surface area contributed by atoms with Crippen molar-refractivity contribution in [3.05, 3.63) is 34.7 Å². The number of ether oxygens (including phenoxy) is 1. The van der Waals surface area contributed by atoms with Crippen molar-refractivity contribution in [1.29, 1.82) is 0 Å². The number of rotatable bonds is 5. The summed E-state index contributed by atoms with van der Waals surface area (Å²) in [6.07, 6.45) is 2.34. The van der Waals surface area contributed by atoms with Crippen molar-refractivity contribution >= 4 is 11.3 Å². The fraction of sp³-hybridized carbons (Fsp3) is 0.500. The fourth-order valence-corrected chi connectivity index (χ4v) is 4.26. The highest BCUT2D eigenvalue weighted by Crippen LogP contribution is 2.39. The summed E-state index contributed by atoms with van der Waals surface area (Å²) in [5.74, 6) is 0.791. The summed E-state index contributed by atoms with van der Waals surface area (Å²) in [4.78, 5) is 4.83. The number of hydrogen-bond donors (Lipinski definition) is 1. The summed E-state index contributed by atoms with van der Waals surface area (Å²) < 4.78 is 28.8. The van der Waals surface area contributed by atoms with E-state index >= 15 is 0 Å². The topological polar surface area (TPSA) is 34.1 Å². The fourth-order valence-electron chi connectivity index (χ4n) is 3.23. The van der Waals surface area contributed by atoms with E-state index in [2.05, 4.69) is 23.9 Å². The van der Waals surface area contributed by atoms with Crippen molar-refractivity contribution in [3.63, 3.8) is 0 Å². The minimum Gasteiger partial charge on any atom is -0.435 e. The van der Waals surface area contributed by atoms with Gasteiger partial charge in [-0.1, -0.05) is 13.8 Å². The van der Waals surface area contributed by atoms with Gasteiger partial charge in [0, 0.05) is 16.4 Å². The van der Waals surface area contributed by atoms with Crippen LogP contribution in [-0.2, 0) is 5.41 Å². The van der Waals surface area contributed by atoms with Crippen molar-refractivity contribution in [1.82, 2.24) is 10.3 Å². The summed E-state index contributed by atoms with van der Waals surface area (Å²) in [5, 5.41) is 6.58. The van der Waals surface area contributed by atoms with Gasteiger partial charge in [-0.3, -0.25) is 0 Å². The number of thiazole rings is 1. The molecule has 0 spiro atoms. The van der Waals surface area contributed by atoms with Gasteiger partial charge in [0.05, 0.1) is 10.7 Å². The molecule has 0 saturated carbocycles. The summed E-state index contributed by atoms with van der Waals surface area (Å²) in [6, 6.07) is 6.65. The van der Waals surface area contributed by atoms with Gasteiger partial charge in [0.1, 0.15) is 5.75 Å². The third kappa shape index (κ3) is 3.75. The summed E-state index contributed by atoms with van der Waals surface area (Å²) in [7, 11) is 0. The van der Waals surface area contributed by atoms with Crippen LogP contribution in [0.2, 0.25) is 0 Å². The van der Waals surface area contributed by atoms with Gasteiger partial charge >= 0.3 is 6.61 Å². The first-order chi connectivity index (χ1) is 11.5. The van der Waals surface area contributed by atoms with Gasteiger partial charge in [-0.2, -0.15) is 8.78 Å². The van der Waals surface area contributed by atoms with Crippen LogP contribution in [0.4, 0.5) is 8.78 Å². The molecule has 0 unspecified atom stereocenters. The SMILES string of the molecule is CC(C)(c1nc(-c2ccc(OC(F)F)cc2)cs1)C1CCNCC1. The molecule has 1 aliphatic heterocycles. The molecular formula is C18H22F2N2OS. The lowest BCUT2D eigenvalue weighted by molar-refractivity contribution is -0.0498. The molecule has 130 valence electrons. The quantitative estimate of drug-likeness (QED) is 0.848. The van der Waals surface area contributed by atoms with Gasteiger partial charge in [0.2, 0.25) is 0 Å². The molecule has 0 aliphatic carbocycles. The Morgan fingerprint density at radius 3 is 2.50 bits per heavy atom. The number of benzene rings is 1. The first kappa shape index (κ1) is 17.3. The minimum absolute atomic E-state index is 0.0454. The first-order valence-electron chi connectivity index (χ1n) is 8.19. The first-order valence-corrected chi connectivity index (χ1v) is 9.07. The maximum absolute atomic E-state index is 12.2. The van der Waals surface area contributed by atoms with Crippen LogP contribution in [0.5, 0.6) is 5.75 Å². The van der Waals surface area contributed by atoms with Crippen LogP contribution < -0.4 is 10.1 Å². The molecule has 1 N–H and O–H groups in total. The Balaban J connectivity index is 1.77. The lowest BCUT2D eigenvalue weighted by Gasteiger charge is -2.35. The second kappa shape index (κ2) is 7.15. The Labute approximate surface area is 145 Å². The van der Waals surface area contributed by atoms with E-state index in [1.54, 1.807) is 35.6 Å². The number of nitrogens with one attached hydrogen (secondary N) is 1. The average Bonchev–Trinajstić information content (AvgIpc) is 3.07. The Bertz CT molecular complexity index is 664. The highest BCUT2D eigenvalue weighted by Gasteiger charge is 2.34. The van der Waals surface area contributed by atoms with E-state index in [1.807, 2.05) is 5.38 Å². The van der Waals surface area contributed by atoms with E-state index in [-0.39, 0.29) is 11.2 Å². The van der Waals surface area contributed by atoms with Crippen LogP contribution in [0.3, 0.4) is 0 Å². The zero-order chi connectivity index (χ0) is 17.2. The Morgan fingerprint density at radius 2 is 1.88 bits per heavy atom. The zero-order valence-electron chi connectivity index (χ0n) is 13.9. The lowest BCUT2D eigenvalue weighted by atomic mass is 9.74. The van der Waals surface area contributed by atoms with Crippen LogP contribution in [0.15, 0.2) is 29.6 Å². The average molecular weight is 352 g/mol. The van der Waals surface area contributed by atoms with Gasteiger partial charge in [-0.15, -0.1) is 11.3 Å². The number of hydrogen-bond acceptors (Lipinski definition) is 4. The van der Waals surface area contributed by atoms with Gasteiger partial charge in [0.25, 0.3) is 0 Å². The van der Waals surface area contributed by atoms with Crippen molar-refractivity contribution in [2.24, 2.45) is 5.92 Å². The number of alkyl halides is 2. The lowest BCUT2D eigenvalue weighted by Crippen LogP contribution is -2.38. The molecule has 1 saturated heterocycles. The van der Waals surface area contributed by atoms with Gasteiger partial charge in [-0.05, 0) is 56.1 Å². The van der Waals surface area contributed by atoms with E-state index in [1.165, 1.54) is 12.8 Å². The Kier molecular flexibility index (Phi) is 5.15. The third-order valence-corrected chi connectivity index (χ3v) is 5.97. The van der Waals surface area contributed by atoms with Crippen LogP contribution in [0, 0.1) is 5.92 Å². The van der Waals surface area contributed by atoms with E-state index in [4.69, 9.17) is 4.98 Å². The third-order valence-electron chi connectivity index (χ3n) is 4.79. The maximum atomic E-state index is 12.2. The van der Waals surface area contributed by atoms with Gasteiger partial charge < -0.3 is 10.1 Å². The standard InChI is InChI=1S/C18H22F2N2OS/c1-18(2,13-7-9-21-10-8-13)16-22-15(11-24-16)12-3-5-14(6-4-12)23-17(19)20/h3-6,11,13,17,21H,7-10H2,1-2H3. The molecule has 6 heteroatoms. The number of aromatic nitrogens is 1. The van der Waals surface area contributed by atoms with E-state index in [0.717, 1.165) is 29.4 Å². The highest BCUT2D eigenvalue weighted by atomic mass is 32.1. The van der Waals surface area contributed by atoms with Crippen LogP contribution in [-0.4, -0.2) is 24.7 Å². The predicted octanol–water partition coefficient (Wildman–Crippen LogP) is 4.69. The van der Waals surface area contributed by atoms with Crippen molar-refractivity contribution in [2.75, 3.05) is 13.1 Å². The van der Waals surface area contributed by atoms with Crippen LogP contribution >= 0.6 is 11.3 Å². The second-order valence-corrected chi connectivity index (χ2v) is 7.54. The van der Waals surface area contributed by atoms with Crippen molar-refractivity contribution in [3.8, 4) is 17.0 Å². The summed E-state index contributed by atoms with van der Waals surface area (Å²) >= 11 is 1.68. The van der Waals surface area contributed by atoms with E-state index < -0.39 is 6.61 Å². The van der Waals surface area contributed by atoms with Crippen molar-refractivity contribution in [2.45, 2.75) is 38.7 Å². The molecule has 0 bridgehead atoms. The predicted molar refractivity (Wildman–Crippen MR) is 92.8 cm³/mol. The second-order valence-electron chi connectivity index (χ2n) is 6.69. The van der Waals surface area contributed by atoms with Gasteiger partial charge in [0.15, 0.2) is 0 Å². The molecule has 3 nitrogen and oxygen atoms in total. The smallest absolute Gasteiger partial charge is 0.387 e. The molecular weight excluding hydrogens is 330 g/mol. The minimum atomic E-state index is -2.80. The molecule has 1 fully saturated rings. The van der Waals surface area contributed by atoms with Crippen LogP contribution in [0.25, 0.3) is 11.3 Å². The summed E-state index contributed by atoms with van der Waals surface area (Å²) in [5.41, 5.74) is 1.85. The largest absolute Gasteiger partial charge is 0.435 e. The molecule has 1 aliphatic rings. The molecule has 24 heavy (non-hydrogen) atoms. The normalized spacial score (nSPS) is 16.5.